The molecule has 1 fully saturated rings. The molecule has 6 nitrogen and oxygen atoms in total. The van der Waals surface area contributed by atoms with Crippen LogP contribution in [-0.2, 0) is 0 Å². The zero-order valence-corrected chi connectivity index (χ0v) is 16.5. The van der Waals surface area contributed by atoms with Crippen LogP contribution >= 0.6 is 11.3 Å². The number of benzene rings is 2. The van der Waals surface area contributed by atoms with Crippen LogP contribution in [0.2, 0.25) is 0 Å². The fourth-order valence-corrected chi connectivity index (χ4v) is 4.14. The van der Waals surface area contributed by atoms with E-state index in [1.807, 2.05) is 12.1 Å². The van der Waals surface area contributed by atoms with Crippen molar-refractivity contribution in [2.24, 2.45) is 0 Å². The smallest absolute Gasteiger partial charge is 0.206 e. The Hall–Kier alpha value is -3.06. The lowest BCUT2D eigenvalue weighted by Crippen LogP contribution is -2.17. The minimum absolute atomic E-state index is 0.143. The highest BCUT2D eigenvalue weighted by Gasteiger charge is 2.18. The summed E-state index contributed by atoms with van der Waals surface area (Å²) in [6.45, 7) is 2.24. The molecule has 1 aliphatic heterocycles. The summed E-state index contributed by atoms with van der Waals surface area (Å²) in [6.07, 6.45) is 2.51. The molecule has 7 heteroatoms. The maximum Gasteiger partial charge on any atom is 0.206 e. The highest BCUT2D eigenvalue weighted by molar-refractivity contribution is 7.18. The highest BCUT2D eigenvalue weighted by atomic mass is 32.1. The van der Waals surface area contributed by atoms with Gasteiger partial charge in [0.15, 0.2) is 5.13 Å². The zero-order chi connectivity index (χ0) is 19.5. The van der Waals surface area contributed by atoms with Gasteiger partial charge in [-0.05, 0) is 61.4 Å². The van der Waals surface area contributed by atoms with Crippen molar-refractivity contribution in [1.82, 2.24) is 4.98 Å². The first kappa shape index (κ1) is 18.3. The van der Waals surface area contributed by atoms with Gasteiger partial charge in [0.05, 0.1) is 7.11 Å². The molecule has 1 aliphatic rings. The molecule has 2 heterocycles. The molecule has 0 bridgehead atoms. The number of thiazole rings is 1. The molecular formula is C21H22N4O2S. The average Bonchev–Trinajstić information content (AvgIpc) is 3.38. The molecule has 0 amide bonds. The number of anilines is 4. The monoisotopic (exact) mass is 394 g/mol. The fraction of sp³-hybridized carbons (Fsp3) is 0.238. The van der Waals surface area contributed by atoms with Gasteiger partial charge in [-0.15, -0.1) is 0 Å². The summed E-state index contributed by atoms with van der Waals surface area (Å²) in [4.78, 5) is 19.9. The van der Waals surface area contributed by atoms with Gasteiger partial charge in [0.25, 0.3) is 0 Å². The molecule has 0 radical (unpaired) electrons. The highest BCUT2D eigenvalue weighted by Crippen LogP contribution is 2.31. The number of carbonyl (C=O) groups excluding carboxylic acids is 1. The molecule has 3 aromatic rings. The van der Waals surface area contributed by atoms with E-state index >= 15 is 0 Å². The van der Waals surface area contributed by atoms with Crippen LogP contribution in [0, 0.1) is 0 Å². The normalized spacial score (nSPS) is 13.5. The quantitative estimate of drug-likeness (QED) is 0.607. The Balaban J connectivity index is 1.48. The minimum Gasteiger partial charge on any atom is -0.497 e. The number of rotatable bonds is 6. The van der Waals surface area contributed by atoms with E-state index in [0.29, 0.717) is 21.3 Å². The van der Waals surface area contributed by atoms with Crippen LogP contribution in [0.15, 0.2) is 48.5 Å². The zero-order valence-electron chi connectivity index (χ0n) is 15.6. The number of hydrogen-bond acceptors (Lipinski definition) is 7. The van der Waals surface area contributed by atoms with E-state index < -0.39 is 0 Å². The van der Waals surface area contributed by atoms with Crippen molar-refractivity contribution in [2.45, 2.75) is 12.8 Å². The van der Waals surface area contributed by atoms with Crippen molar-refractivity contribution in [3.8, 4) is 5.75 Å². The summed E-state index contributed by atoms with van der Waals surface area (Å²) in [5, 5.41) is 3.84. The second-order valence-electron chi connectivity index (χ2n) is 6.66. The second-order valence-corrected chi connectivity index (χ2v) is 7.66. The van der Waals surface area contributed by atoms with E-state index in [2.05, 4.69) is 27.3 Å². The van der Waals surface area contributed by atoms with Crippen LogP contribution in [0.3, 0.4) is 0 Å². The van der Waals surface area contributed by atoms with Gasteiger partial charge in [-0.2, -0.15) is 0 Å². The maximum absolute atomic E-state index is 12.7. The molecule has 2 aromatic carbocycles. The Morgan fingerprint density at radius 2 is 1.79 bits per heavy atom. The molecule has 0 saturated carbocycles. The SMILES string of the molecule is COc1ccc(C(=O)c2sc(Nc3ccc(N4CCCC4)cc3)nc2N)cc1. The van der Waals surface area contributed by atoms with E-state index in [1.54, 1.807) is 31.4 Å². The summed E-state index contributed by atoms with van der Waals surface area (Å²) >= 11 is 1.26. The molecule has 1 saturated heterocycles. The minimum atomic E-state index is -0.143. The summed E-state index contributed by atoms with van der Waals surface area (Å²) < 4.78 is 5.13. The number of nitrogen functional groups attached to an aromatic ring is 1. The standard InChI is InChI=1S/C21H22N4O2S/c1-27-17-10-4-14(5-11-17)18(26)19-20(22)24-21(28-19)23-15-6-8-16(9-7-15)25-12-2-3-13-25/h4-11H,2-3,12-13,22H2,1H3,(H,23,24). The van der Waals surface area contributed by atoms with Crippen molar-refractivity contribution >= 4 is 39.4 Å². The Morgan fingerprint density at radius 1 is 1.11 bits per heavy atom. The Morgan fingerprint density at radius 3 is 2.43 bits per heavy atom. The van der Waals surface area contributed by atoms with Crippen molar-refractivity contribution < 1.29 is 9.53 Å². The third kappa shape index (κ3) is 3.80. The summed E-state index contributed by atoms with van der Waals surface area (Å²) in [7, 11) is 1.59. The van der Waals surface area contributed by atoms with Gasteiger partial charge in [0.2, 0.25) is 5.78 Å². The van der Waals surface area contributed by atoms with Gasteiger partial charge in [-0.3, -0.25) is 4.79 Å². The summed E-state index contributed by atoms with van der Waals surface area (Å²) in [5.74, 6) is 0.797. The largest absolute Gasteiger partial charge is 0.497 e. The van der Waals surface area contributed by atoms with Gasteiger partial charge < -0.3 is 20.7 Å². The number of nitrogens with zero attached hydrogens (tertiary/aromatic N) is 2. The van der Waals surface area contributed by atoms with Crippen LogP contribution in [0.5, 0.6) is 5.75 Å². The topological polar surface area (TPSA) is 80.5 Å². The van der Waals surface area contributed by atoms with E-state index in [1.165, 1.54) is 29.9 Å². The molecule has 3 N–H and O–H groups in total. The predicted molar refractivity (Wildman–Crippen MR) is 114 cm³/mol. The number of nitrogens with one attached hydrogen (secondary N) is 1. The van der Waals surface area contributed by atoms with Crippen LogP contribution in [-0.4, -0.2) is 31.0 Å². The van der Waals surface area contributed by atoms with Gasteiger partial charge in [-0.1, -0.05) is 11.3 Å². The first-order chi connectivity index (χ1) is 13.6. The number of nitrogens with two attached hydrogens (primary N) is 1. The average molecular weight is 395 g/mol. The Labute approximate surface area is 168 Å². The Bertz CT molecular complexity index is 961. The summed E-state index contributed by atoms with van der Waals surface area (Å²) in [6, 6.07) is 15.2. The molecule has 1 aromatic heterocycles. The first-order valence-corrected chi connectivity index (χ1v) is 10.0. The van der Waals surface area contributed by atoms with Crippen LogP contribution in [0.25, 0.3) is 0 Å². The number of ether oxygens (including phenoxy) is 1. The molecule has 0 spiro atoms. The van der Waals surface area contributed by atoms with Crippen molar-refractivity contribution in [2.75, 3.05) is 36.1 Å². The van der Waals surface area contributed by atoms with E-state index in [9.17, 15) is 4.79 Å². The van der Waals surface area contributed by atoms with E-state index in [0.717, 1.165) is 18.8 Å². The van der Waals surface area contributed by atoms with Crippen LogP contribution < -0.4 is 20.7 Å². The maximum atomic E-state index is 12.7. The molecule has 0 atom stereocenters. The lowest BCUT2D eigenvalue weighted by Gasteiger charge is -2.17. The third-order valence-electron chi connectivity index (χ3n) is 4.80. The van der Waals surface area contributed by atoms with Crippen LogP contribution in [0.4, 0.5) is 22.3 Å². The molecule has 0 aliphatic carbocycles. The number of hydrogen-bond donors (Lipinski definition) is 2. The first-order valence-electron chi connectivity index (χ1n) is 9.21. The van der Waals surface area contributed by atoms with Crippen molar-refractivity contribution in [3.05, 3.63) is 59.0 Å². The second kappa shape index (κ2) is 7.90. The Kier molecular flexibility index (Phi) is 5.16. The van der Waals surface area contributed by atoms with Gasteiger partial charge in [-0.25, -0.2) is 4.98 Å². The number of aromatic nitrogens is 1. The molecule has 144 valence electrons. The summed E-state index contributed by atoms with van der Waals surface area (Å²) in [5.41, 5.74) is 8.71. The fourth-order valence-electron chi connectivity index (χ4n) is 3.28. The predicted octanol–water partition coefficient (Wildman–Crippen LogP) is 4.31. The number of methoxy groups -OCH3 is 1. The van der Waals surface area contributed by atoms with Crippen molar-refractivity contribution in [3.63, 3.8) is 0 Å². The van der Waals surface area contributed by atoms with Gasteiger partial charge in [0.1, 0.15) is 16.4 Å². The van der Waals surface area contributed by atoms with E-state index in [4.69, 9.17) is 10.5 Å². The van der Waals surface area contributed by atoms with Crippen LogP contribution in [0.1, 0.15) is 28.1 Å². The van der Waals surface area contributed by atoms with Gasteiger partial charge >= 0.3 is 0 Å². The number of ketones is 1. The molecule has 4 rings (SSSR count). The van der Waals surface area contributed by atoms with E-state index in [-0.39, 0.29) is 11.6 Å². The molecule has 28 heavy (non-hydrogen) atoms. The lowest BCUT2D eigenvalue weighted by atomic mass is 10.1. The van der Waals surface area contributed by atoms with Crippen molar-refractivity contribution in [1.29, 1.82) is 0 Å². The molecular weight excluding hydrogens is 372 g/mol. The van der Waals surface area contributed by atoms with Gasteiger partial charge in [0, 0.05) is 30.0 Å². The third-order valence-corrected chi connectivity index (χ3v) is 5.79. The number of carbonyl (C=O) groups is 1. The molecule has 0 unspecified atom stereocenters. The lowest BCUT2D eigenvalue weighted by molar-refractivity contribution is 0.104.